The van der Waals surface area contributed by atoms with E-state index < -0.39 is 7.92 Å². The molecule has 5 heteroatoms. The molecule has 3 aromatic carbocycles. The molecule has 3 rings (SSSR count). The van der Waals surface area contributed by atoms with Crippen molar-refractivity contribution < 1.29 is 0 Å². The van der Waals surface area contributed by atoms with Crippen LogP contribution in [0.1, 0.15) is 6.42 Å². The Kier molecular flexibility index (Phi) is 15.3. The zero-order chi connectivity index (χ0) is 18.6. The second-order valence-corrected chi connectivity index (χ2v) is 8.51. The van der Waals surface area contributed by atoms with Crippen LogP contribution >= 0.6 is 41.9 Å². The lowest BCUT2D eigenvalue weighted by Gasteiger charge is -2.18. The molecule has 2 nitrogen and oxygen atoms in total. The molecule has 0 aromatic heterocycles. The van der Waals surface area contributed by atoms with Gasteiger partial charge in [0.05, 0.1) is 0 Å². The molecule has 0 saturated carbocycles. The van der Waals surface area contributed by atoms with E-state index in [4.69, 9.17) is 5.73 Å². The lowest BCUT2D eigenvalue weighted by molar-refractivity contribution is 0.403. The Morgan fingerprint density at radius 3 is 1.18 bits per heavy atom. The van der Waals surface area contributed by atoms with Crippen LogP contribution in [0.3, 0.4) is 0 Å². The summed E-state index contributed by atoms with van der Waals surface area (Å²) in [5.74, 6) is 0. The molecule has 0 aliphatic carbocycles. The summed E-state index contributed by atoms with van der Waals surface area (Å²) in [6, 6.07) is 32.3. The third-order valence-electron chi connectivity index (χ3n) is 3.85. The van der Waals surface area contributed by atoms with Crippen LogP contribution in [0.15, 0.2) is 91.0 Å². The molecule has 152 valence electrons. The third kappa shape index (κ3) is 9.45. The summed E-state index contributed by atoms with van der Waals surface area (Å²) in [6.07, 6.45) is 1.10. The van der Waals surface area contributed by atoms with Gasteiger partial charge in [0.15, 0.2) is 0 Å². The van der Waals surface area contributed by atoms with Gasteiger partial charge in [-0.2, -0.15) is 0 Å². The smallest absolute Gasteiger partial charge is 0.00128 e. The van der Waals surface area contributed by atoms with Crippen LogP contribution in [0.4, 0.5) is 0 Å². The van der Waals surface area contributed by atoms with Crippen LogP contribution < -0.4 is 21.6 Å². The van der Waals surface area contributed by atoms with Gasteiger partial charge in [0, 0.05) is 0 Å². The highest BCUT2D eigenvalue weighted by atomic mass is 79.9. The molecule has 0 spiro atoms. The first-order valence-electron chi connectivity index (χ1n) is 9.02. The minimum Gasteiger partial charge on any atom is -0.330 e. The maximum atomic E-state index is 5.25. The molecular formula is C23H31Br2N2P. The van der Waals surface area contributed by atoms with Crippen molar-refractivity contribution in [3.63, 3.8) is 0 Å². The number of rotatable bonds is 6. The predicted molar refractivity (Wildman–Crippen MR) is 138 cm³/mol. The molecule has 0 aliphatic heterocycles. The molecule has 28 heavy (non-hydrogen) atoms. The fourth-order valence-corrected chi connectivity index (χ4v) is 4.89. The quantitative estimate of drug-likeness (QED) is 0.480. The van der Waals surface area contributed by atoms with Gasteiger partial charge in [-0.25, -0.2) is 0 Å². The molecular weight excluding hydrogens is 495 g/mol. The normalized spacial score (nSPS) is 9.75. The maximum absolute atomic E-state index is 5.25. The van der Waals surface area contributed by atoms with Gasteiger partial charge in [-0.05, 0) is 57.4 Å². The Morgan fingerprint density at radius 1 is 0.643 bits per heavy atom. The summed E-state index contributed by atoms with van der Waals surface area (Å²) in [4.78, 5) is 2.13. The Balaban J connectivity index is 0.000000707. The third-order valence-corrected chi connectivity index (χ3v) is 6.30. The highest BCUT2D eigenvalue weighted by Gasteiger charge is 2.14. The largest absolute Gasteiger partial charge is 0.330 e. The van der Waals surface area contributed by atoms with Gasteiger partial charge in [-0.15, -0.1) is 34.0 Å². The second-order valence-electron chi connectivity index (χ2n) is 6.29. The number of nitrogens with two attached hydrogens (primary N) is 1. The molecule has 2 N–H and O–H groups in total. The van der Waals surface area contributed by atoms with E-state index in [1.807, 2.05) is 0 Å². The van der Waals surface area contributed by atoms with Gasteiger partial charge in [0.2, 0.25) is 0 Å². The summed E-state index contributed by atoms with van der Waals surface area (Å²) in [5.41, 5.74) is 5.25. The number of benzene rings is 3. The van der Waals surface area contributed by atoms with Crippen molar-refractivity contribution in [1.29, 1.82) is 0 Å². The van der Waals surface area contributed by atoms with Crippen molar-refractivity contribution in [3.05, 3.63) is 91.0 Å². The van der Waals surface area contributed by atoms with Gasteiger partial charge < -0.3 is 10.6 Å². The highest BCUT2D eigenvalue weighted by molar-refractivity contribution is 8.93. The van der Waals surface area contributed by atoms with E-state index in [0.717, 1.165) is 19.5 Å². The van der Waals surface area contributed by atoms with Crippen molar-refractivity contribution in [2.75, 3.05) is 27.2 Å². The molecule has 0 amide bonds. The molecule has 0 atom stereocenters. The molecule has 0 radical (unpaired) electrons. The van der Waals surface area contributed by atoms with Crippen LogP contribution in [0, 0.1) is 0 Å². The van der Waals surface area contributed by atoms with Crippen molar-refractivity contribution in [2.45, 2.75) is 6.42 Å². The van der Waals surface area contributed by atoms with Crippen LogP contribution in [-0.4, -0.2) is 32.1 Å². The second kappa shape index (κ2) is 15.8. The number of halogens is 2. The summed E-state index contributed by atoms with van der Waals surface area (Å²) < 4.78 is 0. The van der Waals surface area contributed by atoms with Gasteiger partial charge in [0.25, 0.3) is 0 Å². The molecule has 0 unspecified atom stereocenters. The van der Waals surface area contributed by atoms with E-state index in [2.05, 4.69) is 110 Å². The first-order valence-corrected chi connectivity index (χ1v) is 10.4. The summed E-state index contributed by atoms with van der Waals surface area (Å²) in [5, 5.41) is 4.19. The molecule has 0 bridgehead atoms. The monoisotopic (exact) mass is 524 g/mol. The number of nitrogens with zero attached hydrogens (tertiary/aromatic N) is 1. The maximum Gasteiger partial charge on any atom is -0.00128 e. The highest BCUT2D eigenvalue weighted by Crippen LogP contribution is 2.32. The predicted octanol–water partition coefficient (Wildman–Crippen LogP) is 4.50. The van der Waals surface area contributed by atoms with E-state index in [0.29, 0.717) is 0 Å². The van der Waals surface area contributed by atoms with Gasteiger partial charge >= 0.3 is 0 Å². The summed E-state index contributed by atoms with van der Waals surface area (Å²) in [7, 11) is 3.66. The summed E-state index contributed by atoms with van der Waals surface area (Å²) in [6.45, 7) is 1.91. The van der Waals surface area contributed by atoms with Gasteiger partial charge in [-0.3, -0.25) is 0 Å². The lowest BCUT2D eigenvalue weighted by Crippen LogP contribution is -2.20. The zero-order valence-electron chi connectivity index (χ0n) is 16.6. The first kappa shape index (κ1) is 27.0. The van der Waals surface area contributed by atoms with E-state index in [1.54, 1.807) is 0 Å². The molecule has 0 saturated heterocycles. The minimum absolute atomic E-state index is 0. The fourth-order valence-electron chi connectivity index (χ4n) is 2.59. The van der Waals surface area contributed by atoms with Crippen molar-refractivity contribution in [1.82, 2.24) is 4.90 Å². The Morgan fingerprint density at radius 2 is 0.964 bits per heavy atom. The minimum atomic E-state index is -0.446. The van der Waals surface area contributed by atoms with Crippen LogP contribution in [-0.2, 0) is 0 Å². The van der Waals surface area contributed by atoms with E-state index in [9.17, 15) is 0 Å². The standard InChI is InChI=1S/C18H15P.C5H14N2.2BrH/c1-4-10-16(11-5-1)19(17-12-6-2-7-13-17)18-14-8-3-9-15-18;1-7(2)5-3-4-6;;/h1-15H;3-6H2,1-2H3;2*1H. The van der Waals surface area contributed by atoms with E-state index in [1.165, 1.54) is 15.9 Å². The summed E-state index contributed by atoms with van der Waals surface area (Å²) >= 11 is 0. The number of hydrogen-bond acceptors (Lipinski definition) is 2. The van der Waals surface area contributed by atoms with Crippen molar-refractivity contribution in [3.8, 4) is 0 Å². The Labute approximate surface area is 192 Å². The van der Waals surface area contributed by atoms with Crippen molar-refractivity contribution in [2.24, 2.45) is 5.73 Å². The molecule has 0 heterocycles. The Hall–Kier alpha value is -1.03. The number of hydrogen-bond donors (Lipinski definition) is 1. The zero-order valence-corrected chi connectivity index (χ0v) is 20.9. The average Bonchev–Trinajstić information content (AvgIpc) is 2.70. The molecule has 3 aromatic rings. The lowest BCUT2D eigenvalue weighted by atomic mass is 10.4. The van der Waals surface area contributed by atoms with Gasteiger partial charge in [0.1, 0.15) is 0 Å². The fraction of sp³-hybridized carbons (Fsp3) is 0.217. The average molecular weight is 526 g/mol. The van der Waals surface area contributed by atoms with Crippen LogP contribution in [0.25, 0.3) is 0 Å². The van der Waals surface area contributed by atoms with E-state index in [-0.39, 0.29) is 34.0 Å². The topological polar surface area (TPSA) is 29.3 Å². The van der Waals surface area contributed by atoms with Crippen LogP contribution in [0.2, 0.25) is 0 Å². The SMILES string of the molecule is Br.Br.CN(C)CCCN.c1ccc(P(c2ccccc2)c2ccccc2)cc1. The van der Waals surface area contributed by atoms with Crippen molar-refractivity contribution >= 4 is 57.8 Å². The van der Waals surface area contributed by atoms with Gasteiger partial charge in [-0.1, -0.05) is 91.0 Å². The van der Waals surface area contributed by atoms with Crippen LogP contribution in [0.5, 0.6) is 0 Å². The molecule has 0 aliphatic rings. The molecule has 0 fully saturated rings. The van der Waals surface area contributed by atoms with E-state index >= 15 is 0 Å². The Bertz CT molecular complexity index is 631. The first-order chi connectivity index (χ1) is 12.7.